The van der Waals surface area contributed by atoms with Crippen molar-refractivity contribution in [2.75, 3.05) is 18.0 Å². The number of rotatable bonds is 2. The Labute approximate surface area is 101 Å². The molecule has 0 amide bonds. The van der Waals surface area contributed by atoms with Gasteiger partial charge in [0, 0.05) is 20.0 Å². The summed E-state index contributed by atoms with van der Waals surface area (Å²) in [6.07, 6.45) is 4.88. The minimum Gasteiger partial charge on any atom is -0.371 e. The van der Waals surface area contributed by atoms with E-state index in [0.717, 1.165) is 18.8 Å². The molecular weight excluding hydrogens is 216 g/mol. The lowest BCUT2D eigenvalue weighted by atomic mass is 10.2. The Bertz CT molecular complexity index is 418. The maximum atomic E-state index is 11.2. The lowest BCUT2D eigenvalue weighted by Gasteiger charge is -2.33. The minimum atomic E-state index is 0.0126. The van der Waals surface area contributed by atoms with Crippen molar-refractivity contribution < 1.29 is 9.53 Å². The van der Waals surface area contributed by atoms with Crippen LogP contribution >= 0.6 is 0 Å². The van der Waals surface area contributed by atoms with Crippen molar-refractivity contribution in [2.24, 2.45) is 0 Å². The Balaban J connectivity index is 1.78. The number of hydrogen-bond donors (Lipinski definition) is 0. The summed E-state index contributed by atoms with van der Waals surface area (Å²) in [5.41, 5.74) is 1.63. The van der Waals surface area contributed by atoms with Crippen LogP contribution in [0.4, 0.5) is 5.69 Å². The summed E-state index contributed by atoms with van der Waals surface area (Å²) in [6.45, 7) is 3.42. The molecule has 0 aliphatic carbocycles. The zero-order valence-electron chi connectivity index (χ0n) is 9.93. The van der Waals surface area contributed by atoms with E-state index in [1.807, 2.05) is 6.07 Å². The monoisotopic (exact) mass is 232 g/mol. The molecule has 0 aromatic carbocycles. The summed E-state index contributed by atoms with van der Waals surface area (Å²) in [6, 6.07) is 3.78. The first-order valence-corrected chi connectivity index (χ1v) is 6.10. The molecule has 4 nitrogen and oxygen atoms in total. The zero-order chi connectivity index (χ0) is 11.8. The van der Waals surface area contributed by atoms with E-state index in [9.17, 15) is 4.79 Å². The molecule has 0 N–H and O–H groups in total. The highest BCUT2D eigenvalue weighted by molar-refractivity contribution is 5.92. The molecule has 2 saturated heterocycles. The van der Waals surface area contributed by atoms with Crippen molar-refractivity contribution in [3.63, 3.8) is 0 Å². The first-order chi connectivity index (χ1) is 8.22. The van der Waals surface area contributed by atoms with Crippen molar-refractivity contribution in [2.45, 2.75) is 32.0 Å². The van der Waals surface area contributed by atoms with Gasteiger partial charge in [0.25, 0.3) is 0 Å². The molecule has 4 heteroatoms. The number of carbonyl (C=O) groups is 1. The van der Waals surface area contributed by atoms with Crippen molar-refractivity contribution in [3.8, 4) is 0 Å². The minimum absolute atomic E-state index is 0.0126. The van der Waals surface area contributed by atoms with Crippen molar-refractivity contribution in [3.05, 3.63) is 24.0 Å². The highest BCUT2D eigenvalue weighted by Gasteiger charge is 2.33. The third-order valence-electron chi connectivity index (χ3n) is 3.52. The van der Waals surface area contributed by atoms with Gasteiger partial charge in [-0.25, -0.2) is 0 Å². The van der Waals surface area contributed by atoms with Crippen LogP contribution in [0.1, 0.15) is 30.3 Å². The maximum absolute atomic E-state index is 11.2. The second-order valence-corrected chi connectivity index (χ2v) is 4.82. The van der Waals surface area contributed by atoms with Crippen LogP contribution in [0.3, 0.4) is 0 Å². The molecule has 1 aromatic heterocycles. The third kappa shape index (κ3) is 2.05. The first kappa shape index (κ1) is 10.7. The molecule has 2 bridgehead atoms. The van der Waals surface area contributed by atoms with Gasteiger partial charge in [0.15, 0.2) is 5.78 Å². The van der Waals surface area contributed by atoms with Crippen LogP contribution in [0.2, 0.25) is 0 Å². The van der Waals surface area contributed by atoms with E-state index in [1.54, 1.807) is 12.3 Å². The van der Waals surface area contributed by atoms with E-state index in [0.29, 0.717) is 17.9 Å². The number of ether oxygens (including phenoxy) is 1. The van der Waals surface area contributed by atoms with Crippen molar-refractivity contribution in [1.82, 2.24) is 4.98 Å². The van der Waals surface area contributed by atoms with Crippen molar-refractivity contribution in [1.29, 1.82) is 0 Å². The smallest absolute Gasteiger partial charge is 0.178 e. The summed E-state index contributed by atoms with van der Waals surface area (Å²) in [4.78, 5) is 17.7. The standard InChI is InChI=1S/C13H16N2O2/c1-9(16)13-5-2-10(6-14-13)15-7-11-3-4-12(8-15)17-11/h2,5-6,11-12H,3-4,7-8H2,1H3. The number of fused-ring (bicyclic) bond motifs is 2. The molecule has 90 valence electrons. The van der Waals surface area contributed by atoms with E-state index < -0.39 is 0 Å². The Kier molecular flexibility index (Phi) is 2.59. The molecule has 1 aromatic rings. The van der Waals surface area contributed by atoms with Gasteiger partial charge in [-0.2, -0.15) is 0 Å². The highest BCUT2D eigenvalue weighted by atomic mass is 16.5. The lowest BCUT2D eigenvalue weighted by Crippen LogP contribution is -2.42. The number of ketones is 1. The van der Waals surface area contributed by atoms with E-state index in [4.69, 9.17) is 4.74 Å². The van der Waals surface area contributed by atoms with Crippen LogP contribution in [0.15, 0.2) is 18.3 Å². The van der Waals surface area contributed by atoms with Gasteiger partial charge in [-0.05, 0) is 25.0 Å². The lowest BCUT2D eigenvalue weighted by molar-refractivity contribution is 0.0304. The fraction of sp³-hybridized carbons (Fsp3) is 0.538. The van der Waals surface area contributed by atoms with Crippen molar-refractivity contribution >= 4 is 11.5 Å². The largest absolute Gasteiger partial charge is 0.371 e. The average Bonchev–Trinajstić information content (AvgIpc) is 2.68. The summed E-state index contributed by atoms with van der Waals surface area (Å²) in [7, 11) is 0. The molecule has 3 heterocycles. The Morgan fingerprint density at radius 2 is 2.06 bits per heavy atom. The van der Waals surface area contributed by atoms with E-state index >= 15 is 0 Å². The van der Waals surface area contributed by atoms with Gasteiger partial charge < -0.3 is 9.64 Å². The summed E-state index contributed by atoms with van der Waals surface area (Å²) >= 11 is 0. The number of carbonyl (C=O) groups excluding carboxylic acids is 1. The maximum Gasteiger partial charge on any atom is 0.178 e. The molecule has 2 aliphatic heterocycles. The van der Waals surface area contributed by atoms with Gasteiger partial charge in [0.05, 0.1) is 24.1 Å². The number of nitrogens with zero attached hydrogens (tertiary/aromatic N) is 2. The Hall–Kier alpha value is -1.42. The normalized spacial score (nSPS) is 27.2. The number of morpholine rings is 1. The molecule has 2 atom stereocenters. The van der Waals surface area contributed by atoms with Gasteiger partial charge in [-0.1, -0.05) is 0 Å². The summed E-state index contributed by atoms with van der Waals surface area (Å²) in [5.74, 6) is 0.0126. The topological polar surface area (TPSA) is 42.4 Å². The molecular formula is C13H16N2O2. The van der Waals surface area contributed by atoms with Gasteiger partial charge >= 0.3 is 0 Å². The molecule has 0 spiro atoms. The van der Waals surface area contributed by atoms with Crippen LogP contribution in [-0.2, 0) is 4.74 Å². The van der Waals surface area contributed by atoms with Crippen LogP contribution in [0.5, 0.6) is 0 Å². The summed E-state index contributed by atoms with van der Waals surface area (Å²) < 4.78 is 5.79. The Morgan fingerprint density at radius 3 is 2.59 bits per heavy atom. The molecule has 17 heavy (non-hydrogen) atoms. The van der Waals surface area contributed by atoms with E-state index in [-0.39, 0.29) is 5.78 Å². The molecule has 2 aliphatic rings. The van der Waals surface area contributed by atoms with E-state index in [2.05, 4.69) is 9.88 Å². The second kappa shape index (κ2) is 4.11. The zero-order valence-corrected chi connectivity index (χ0v) is 9.93. The summed E-state index contributed by atoms with van der Waals surface area (Å²) in [5, 5.41) is 0. The number of anilines is 1. The van der Waals surface area contributed by atoms with Crippen LogP contribution in [0, 0.1) is 0 Å². The number of pyridine rings is 1. The number of aromatic nitrogens is 1. The van der Waals surface area contributed by atoms with Crippen LogP contribution in [-0.4, -0.2) is 36.1 Å². The number of hydrogen-bond acceptors (Lipinski definition) is 4. The van der Waals surface area contributed by atoms with Gasteiger partial charge in [-0.3, -0.25) is 9.78 Å². The molecule has 0 radical (unpaired) electrons. The quantitative estimate of drug-likeness (QED) is 0.727. The third-order valence-corrected chi connectivity index (χ3v) is 3.52. The predicted molar refractivity (Wildman–Crippen MR) is 64.3 cm³/mol. The SMILES string of the molecule is CC(=O)c1ccc(N2CC3CCC(C2)O3)cn1. The average molecular weight is 232 g/mol. The van der Waals surface area contributed by atoms with Gasteiger partial charge in [-0.15, -0.1) is 0 Å². The highest BCUT2D eigenvalue weighted by Crippen LogP contribution is 2.29. The molecule has 0 saturated carbocycles. The first-order valence-electron chi connectivity index (χ1n) is 6.10. The van der Waals surface area contributed by atoms with Gasteiger partial charge in [0.2, 0.25) is 0 Å². The fourth-order valence-corrected chi connectivity index (χ4v) is 2.61. The Morgan fingerprint density at radius 1 is 1.35 bits per heavy atom. The van der Waals surface area contributed by atoms with Gasteiger partial charge in [0.1, 0.15) is 5.69 Å². The predicted octanol–water partition coefficient (Wildman–Crippen LogP) is 1.65. The number of Topliss-reactive ketones (excluding diaryl/α,β-unsaturated/α-hetero) is 1. The molecule has 2 fully saturated rings. The molecule has 2 unspecified atom stereocenters. The van der Waals surface area contributed by atoms with Crippen LogP contribution < -0.4 is 4.90 Å². The second-order valence-electron chi connectivity index (χ2n) is 4.82. The molecule has 3 rings (SSSR count). The van der Waals surface area contributed by atoms with Crippen LogP contribution in [0.25, 0.3) is 0 Å². The fourth-order valence-electron chi connectivity index (χ4n) is 2.61. The van der Waals surface area contributed by atoms with E-state index in [1.165, 1.54) is 19.8 Å².